The molecule has 0 radical (unpaired) electrons. The largest absolute Gasteiger partial charge is 0.465 e. The minimum Gasteiger partial charge on any atom is -0.465 e. The van der Waals surface area contributed by atoms with Gasteiger partial charge in [0.2, 0.25) is 0 Å². The summed E-state index contributed by atoms with van der Waals surface area (Å²) in [4.78, 5) is 15.4. The molecule has 1 amide bonds. The Morgan fingerprint density at radius 1 is 1.24 bits per heavy atom. The van der Waals surface area contributed by atoms with E-state index in [1.807, 2.05) is 22.6 Å². The quantitative estimate of drug-likeness (QED) is 0.789. The molecule has 0 atom stereocenters. The first-order valence-electron chi connectivity index (χ1n) is 5.89. The van der Waals surface area contributed by atoms with Crippen molar-refractivity contribution >= 4 is 34.5 Å². The summed E-state index contributed by atoms with van der Waals surface area (Å²) in [6, 6.07) is 8.14. The molecule has 1 aromatic carbocycles. The lowest BCUT2D eigenvalue weighted by Crippen LogP contribution is -2.25. The second-order valence-electron chi connectivity index (χ2n) is 4.33. The van der Waals surface area contributed by atoms with Gasteiger partial charge in [-0.25, -0.2) is 9.78 Å². The number of aromatic nitrogens is 1. The van der Waals surface area contributed by atoms with Gasteiger partial charge in [-0.1, -0.05) is 12.1 Å². The highest BCUT2D eigenvalue weighted by atomic mass is 127. The minimum atomic E-state index is -3.22. The van der Waals surface area contributed by atoms with Crippen LogP contribution in [-0.4, -0.2) is 23.2 Å². The van der Waals surface area contributed by atoms with Crippen LogP contribution in [0, 0.1) is 3.57 Å². The summed E-state index contributed by atoms with van der Waals surface area (Å²) < 4.78 is 29.8. The van der Waals surface area contributed by atoms with Gasteiger partial charge in [-0.05, 0) is 46.9 Å². The lowest BCUT2D eigenvalue weighted by atomic mass is 10.0. The maximum atomic E-state index is 14.5. The number of nitrogens with zero attached hydrogens (tertiary/aromatic N) is 2. The molecule has 1 N–H and O–H groups in total. The van der Waals surface area contributed by atoms with Gasteiger partial charge in [0.25, 0.3) is 5.92 Å². The summed E-state index contributed by atoms with van der Waals surface area (Å²) in [6.07, 6.45) is -0.0951. The molecule has 0 unspecified atom stereocenters. The summed E-state index contributed by atoms with van der Waals surface area (Å²) in [5, 5.41) is 8.87. The van der Waals surface area contributed by atoms with Crippen LogP contribution in [-0.2, 0) is 5.92 Å². The van der Waals surface area contributed by atoms with Gasteiger partial charge in [-0.15, -0.1) is 0 Å². The predicted molar refractivity (Wildman–Crippen MR) is 82.8 cm³/mol. The molecule has 0 saturated carbocycles. The number of anilines is 1. The van der Waals surface area contributed by atoms with Crippen molar-refractivity contribution in [3.05, 3.63) is 57.3 Å². The van der Waals surface area contributed by atoms with Crippen LogP contribution in [0.5, 0.6) is 0 Å². The molecular formula is C14H11F2IN2O2. The number of carbonyl (C=O) groups is 1. The molecular weight excluding hydrogens is 393 g/mol. The van der Waals surface area contributed by atoms with Crippen molar-refractivity contribution in [2.45, 2.75) is 5.92 Å². The van der Waals surface area contributed by atoms with Crippen molar-refractivity contribution in [3.63, 3.8) is 0 Å². The van der Waals surface area contributed by atoms with E-state index >= 15 is 0 Å². The lowest BCUT2D eigenvalue weighted by Gasteiger charge is -2.19. The van der Waals surface area contributed by atoms with Crippen molar-refractivity contribution in [2.24, 2.45) is 0 Å². The zero-order valence-corrected chi connectivity index (χ0v) is 13.1. The predicted octanol–water partition coefficient (Wildman–Crippen LogP) is 3.94. The van der Waals surface area contributed by atoms with Crippen LogP contribution in [0.4, 0.5) is 19.4 Å². The van der Waals surface area contributed by atoms with Crippen molar-refractivity contribution in [1.29, 1.82) is 0 Å². The summed E-state index contributed by atoms with van der Waals surface area (Å²) in [6.45, 7) is 0. The normalized spacial score (nSPS) is 11.2. The maximum Gasteiger partial charge on any atom is 0.412 e. The first kappa shape index (κ1) is 15.6. The SMILES string of the molecule is CN(C(=O)O)c1cc(C(F)(F)c2ccc(I)cc2)ccn1. The first-order valence-corrected chi connectivity index (χ1v) is 6.97. The fraction of sp³-hybridized carbons (Fsp3) is 0.143. The molecule has 0 bridgehead atoms. The summed E-state index contributed by atoms with van der Waals surface area (Å²) in [7, 11) is 1.25. The molecule has 21 heavy (non-hydrogen) atoms. The number of benzene rings is 1. The number of alkyl halides is 2. The highest BCUT2D eigenvalue weighted by Crippen LogP contribution is 2.36. The van der Waals surface area contributed by atoms with Crippen molar-refractivity contribution in [2.75, 3.05) is 11.9 Å². The van der Waals surface area contributed by atoms with Gasteiger partial charge >= 0.3 is 6.09 Å². The van der Waals surface area contributed by atoms with Gasteiger partial charge in [0.05, 0.1) is 0 Å². The van der Waals surface area contributed by atoms with Crippen LogP contribution in [0.2, 0.25) is 0 Å². The van der Waals surface area contributed by atoms with Crippen LogP contribution in [0.15, 0.2) is 42.6 Å². The molecule has 1 heterocycles. The molecule has 0 aliphatic rings. The average Bonchev–Trinajstić information content (AvgIpc) is 2.47. The summed E-state index contributed by atoms with van der Waals surface area (Å²) >= 11 is 2.03. The third-order valence-electron chi connectivity index (χ3n) is 2.95. The zero-order valence-electron chi connectivity index (χ0n) is 10.9. The maximum absolute atomic E-state index is 14.5. The number of hydrogen-bond donors (Lipinski definition) is 1. The van der Waals surface area contributed by atoms with E-state index in [-0.39, 0.29) is 16.9 Å². The van der Waals surface area contributed by atoms with Crippen LogP contribution in [0.1, 0.15) is 11.1 Å². The Kier molecular flexibility index (Phi) is 4.40. The van der Waals surface area contributed by atoms with Crippen LogP contribution >= 0.6 is 22.6 Å². The van der Waals surface area contributed by atoms with Gasteiger partial charge < -0.3 is 5.11 Å². The molecule has 7 heteroatoms. The fourth-order valence-electron chi connectivity index (χ4n) is 1.72. The number of carboxylic acid groups (broad SMARTS) is 1. The van der Waals surface area contributed by atoms with Gasteiger partial charge in [0.1, 0.15) is 5.82 Å². The summed E-state index contributed by atoms with van der Waals surface area (Å²) in [5.74, 6) is -3.27. The smallest absolute Gasteiger partial charge is 0.412 e. The van der Waals surface area contributed by atoms with Crippen LogP contribution in [0.3, 0.4) is 0 Å². The number of hydrogen-bond acceptors (Lipinski definition) is 2. The second kappa shape index (κ2) is 5.92. The number of amides is 1. The Hall–Kier alpha value is -1.77. The van der Waals surface area contributed by atoms with Crippen molar-refractivity contribution in [1.82, 2.24) is 4.98 Å². The Morgan fingerprint density at radius 2 is 1.86 bits per heavy atom. The Labute approximate surface area is 133 Å². The van der Waals surface area contributed by atoms with Gasteiger partial charge in [0, 0.05) is 27.9 Å². The molecule has 110 valence electrons. The molecule has 2 aromatic rings. The van der Waals surface area contributed by atoms with E-state index in [2.05, 4.69) is 4.98 Å². The molecule has 0 fully saturated rings. The molecule has 2 rings (SSSR count). The number of halogens is 3. The average molecular weight is 404 g/mol. The third-order valence-corrected chi connectivity index (χ3v) is 3.66. The molecule has 0 aliphatic heterocycles. The lowest BCUT2D eigenvalue weighted by molar-refractivity contribution is 0.0427. The van der Waals surface area contributed by atoms with E-state index in [1.54, 1.807) is 12.1 Å². The van der Waals surface area contributed by atoms with E-state index in [0.717, 1.165) is 14.5 Å². The molecule has 4 nitrogen and oxygen atoms in total. The Balaban J connectivity index is 2.42. The van der Waals surface area contributed by atoms with E-state index in [9.17, 15) is 13.6 Å². The molecule has 1 aromatic heterocycles. The van der Waals surface area contributed by atoms with Crippen molar-refractivity contribution in [3.8, 4) is 0 Å². The highest BCUT2D eigenvalue weighted by molar-refractivity contribution is 14.1. The monoisotopic (exact) mass is 404 g/mol. The van der Waals surface area contributed by atoms with Crippen LogP contribution in [0.25, 0.3) is 0 Å². The standard InChI is InChI=1S/C14H11F2IN2O2/c1-19(13(20)21)12-8-10(6-7-18-12)14(15,16)9-2-4-11(17)5-3-9/h2-8H,1H3,(H,20,21). The Morgan fingerprint density at radius 3 is 2.43 bits per heavy atom. The zero-order chi connectivity index (χ0) is 15.6. The van der Waals surface area contributed by atoms with E-state index in [0.29, 0.717) is 0 Å². The van der Waals surface area contributed by atoms with Gasteiger partial charge in [-0.2, -0.15) is 8.78 Å². The summed E-state index contributed by atoms with van der Waals surface area (Å²) in [5.41, 5.74) is -0.458. The fourth-order valence-corrected chi connectivity index (χ4v) is 2.08. The highest BCUT2D eigenvalue weighted by Gasteiger charge is 2.34. The number of rotatable bonds is 3. The van der Waals surface area contributed by atoms with E-state index < -0.39 is 12.0 Å². The van der Waals surface area contributed by atoms with Crippen molar-refractivity contribution < 1.29 is 18.7 Å². The molecule has 0 saturated heterocycles. The molecule has 0 aliphatic carbocycles. The molecule has 0 spiro atoms. The first-order chi connectivity index (χ1) is 9.82. The second-order valence-corrected chi connectivity index (χ2v) is 5.57. The Bertz CT molecular complexity index is 662. The topological polar surface area (TPSA) is 53.4 Å². The minimum absolute atomic E-state index is 0.0508. The van der Waals surface area contributed by atoms with Gasteiger partial charge in [0.15, 0.2) is 0 Å². The van der Waals surface area contributed by atoms with Crippen LogP contribution < -0.4 is 4.90 Å². The van der Waals surface area contributed by atoms with E-state index in [1.165, 1.54) is 31.4 Å². The third kappa shape index (κ3) is 3.29. The number of pyridine rings is 1. The van der Waals surface area contributed by atoms with Gasteiger partial charge in [-0.3, -0.25) is 4.90 Å². The van der Waals surface area contributed by atoms with E-state index in [4.69, 9.17) is 5.11 Å².